The number of fused-ring (bicyclic) bond motifs is 1. The minimum Gasteiger partial charge on any atom is -0.505 e. The largest absolute Gasteiger partial charge is 0.505 e. The molecule has 3 N–H and O–H groups in total. The maximum atomic E-state index is 11.5. The van der Waals surface area contributed by atoms with Crippen LogP contribution in [-0.4, -0.2) is 24.8 Å². The lowest BCUT2D eigenvalue weighted by Crippen LogP contribution is -1.99. The lowest BCUT2D eigenvalue weighted by atomic mass is 10.1. The van der Waals surface area contributed by atoms with E-state index in [-0.39, 0.29) is 11.4 Å². The van der Waals surface area contributed by atoms with Gasteiger partial charge in [0.15, 0.2) is 0 Å². The van der Waals surface area contributed by atoms with Crippen LogP contribution < -0.4 is 5.32 Å². The van der Waals surface area contributed by atoms with E-state index in [4.69, 9.17) is 0 Å². The molecule has 0 aromatic heterocycles. The Morgan fingerprint density at radius 3 is 2.33 bits per heavy atom. The van der Waals surface area contributed by atoms with E-state index in [1.54, 1.807) is 18.2 Å². The van der Waals surface area contributed by atoms with E-state index in [1.807, 2.05) is 30.3 Å². The van der Waals surface area contributed by atoms with Crippen molar-refractivity contribution in [2.45, 2.75) is 4.90 Å². The Kier molecular flexibility index (Phi) is 3.96. The first-order valence-electron chi connectivity index (χ1n) is 6.96. The quantitative estimate of drug-likeness (QED) is 0.494. The molecule has 6 nitrogen and oxygen atoms in total. The van der Waals surface area contributed by atoms with Crippen LogP contribution in [0.15, 0.2) is 64.5 Å². The van der Waals surface area contributed by atoms with Crippen molar-refractivity contribution in [3.05, 3.63) is 54.6 Å². The van der Waals surface area contributed by atoms with Crippen LogP contribution in [0, 0.1) is 0 Å². The molecule has 3 aromatic rings. The number of aromatic hydroxyl groups is 1. The molecule has 0 aliphatic heterocycles. The Bertz CT molecular complexity index is 1030. The first-order chi connectivity index (χ1) is 11.4. The first kappa shape index (κ1) is 16.0. The van der Waals surface area contributed by atoms with Crippen LogP contribution in [0.4, 0.5) is 17.1 Å². The molecule has 0 unspecified atom stereocenters. The molecule has 3 rings (SSSR count). The Morgan fingerprint density at radius 1 is 1.00 bits per heavy atom. The minimum absolute atomic E-state index is 0.270. The van der Waals surface area contributed by atoms with Gasteiger partial charge in [0.1, 0.15) is 16.3 Å². The molecular weight excluding hydrogens is 328 g/mol. The lowest BCUT2D eigenvalue weighted by molar-refractivity contribution is 0.472. The highest BCUT2D eigenvalue weighted by Crippen LogP contribution is 2.41. The summed E-state index contributed by atoms with van der Waals surface area (Å²) in [5.74, 6) is -0.346. The van der Waals surface area contributed by atoms with Gasteiger partial charge in [-0.25, -0.2) is 0 Å². The van der Waals surface area contributed by atoms with Gasteiger partial charge in [-0.05, 0) is 48.5 Å². The van der Waals surface area contributed by atoms with Crippen molar-refractivity contribution in [2.24, 2.45) is 4.99 Å². The summed E-state index contributed by atoms with van der Waals surface area (Å²) >= 11 is 0. The molecule has 122 valence electrons. The van der Waals surface area contributed by atoms with Gasteiger partial charge in [0.2, 0.25) is 0 Å². The van der Waals surface area contributed by atoms with Gasteiger partial charge in [-0.15, -0.1) is 0 Å². The molecule has 0 radical (unpaired) electrons. The van der Waals surface area contributed by atoms with E-state index in [0.29, 0.717) is 16.5 Å². The summed E-state index contributed by atoms with van der Waals surface area (Å²) in [5.41, 5.74) is 1.29. The number of benzene rings is 3. The fourth-order valence-electron chi connectivity index (χ4n) is 2.47. The molecule has 0 fully saturated rings. The Labute approximate surface area is 138 Å². The molecule has 0 saturated heterocycles. The van der Waals surface area contributed by atoms with Gasteiger partial charge in [0.25, 0.3) is 10.1 Å². The molecule has 0 amide bonds. The van der Waals surface area contributed by atoms with E-state index >= 15 is 0 Å². The van der Waals surface area contributed by atoms with Crippen LogP contribution in [0.3, 0.4) is 0 Å². The van der Waals surface area contributed by atoms with Crippen LogP contribution in [-0.2, 0) is 10.1 Å². The fourth-order valence-corrected chi connectivity index (χ4v) is 3.15. The van der Waals surface area contributed by atoms with Crippen molar-refractivity contribution in [1.82, 2.24) is 0 Å². The third kappa shape index (κ3) is 2.94. The van der Waals surface area contributed by atoms with Crippen molar-refractivity contribution < 1.29 is 18.1 Å². The van der Waals surface area contributed by atoms with Crippen molar-refractivity contribution in [3.8, 4) is 5.75 Å². The highest BCUT2D eigenvalue weighted by atomic mass is 32.2. The number of phenols is 1. The average molecular weight is 342 g/mol. The second-order valence-electron chi connectivity index (χ2n) is 5.13. The standard InChI is InChI=1S/C17H14N2O4S/c1-18-16-15(24(21,22)23)10-11-9-13(7-8-14(11)17(16)20)19-12-5-3-2-4-6-12/h2-10,19-20H,1H2,(H,21,22,23). The number of para-hydroxylation sites is 1. The molecule has 3 aromatic carbocycles. The van der Waals surface area contributed by atoms with Gasteiger partial charge in [0.05, 0.1) is 0 Å². The monoisotopic (exact) mass is 342 g/mol. The molecule has 0 aliphatic rings. The van der Waals surface area contributed by atoms with Gasteiger partial charge < -0.3 is 10.4 Å². The summed E-state index contributed by atoms with van der Waals surface area (Å²) in [7, 11) is -4.55. The molecule has 0 bridgehead atoms. The Hall–Kier alpha value is -2.90. The summed E-state index contributed by atoms with van der Waals surface area (Å²) in [5, 5.41) is 14.3. The number of rotatable bonds is 4. The highest BCUT2D eigenvalue weighted by Gasteiger charge is 2.21. The summed E-state index contributed by atoms with van der Waals surface area (Å²) in [6.07, 6.45) is 0. The van der Waals surface area contributed by atoms with Crippen LogP contribution in [0.2, 0.25) is 0 Å². The summed E-state index contributed by atoms with van der Waals surface area (Å²) in [4.78, 5) is 3.04. The lowest BCUT2D eigenvalue weighted by Gasteiger charge is -2.11. The first-order valence-corrected chi connectivity index (χ1v) is 8.40. The van der Waals surface area contributed by atoms with Gasteiger partial charge >= 0.3 is 0 Å². The molecule has 0 heterocycles. The SMILES string of the molecule is C=Nc1c(S(=O)(=O)O)cc2cc(Nc3ccccc3)ccc2c1O. The van der Waals surface area contributed by atoms with Crippen LogP contribution in [0.5, 0.6) is 5.75 Å². The zero-order chi connectivity index (χ0) is 17.3. The van der Waals surface area contributed by atoms with Gasteiger partial charge in [-0.1, -0.05) is 18.2 Å². The van der Waals surface area contributed by atoms with Crippen molar-refractivity contribution >= 4 is 44.7 Å². The predicted octanol–water partition coefficient (Wildman–Crippen LogP) is 3.87. The maximum absolute atomic E-state index is 11.5. The van der Waals surface area contributed by atoms with Crippen molar-refractivity contribution in [2.75, 3.05) is 5.32 Å². The van der Waals surface area contributed by atoms with Gasteiger partial charge in [-0.3, -0.25) is 9.55 Å². The zero-order valence-electron chi connectivity index (χ0n) is 12.5. The minimum atomic E-state index is -4.55. The second kappa shape index (κ2) is 5.95. The molecule has 24 heavy (non-hydrogen) atoms. The van der Waals surface area contributed by atoms with Crippen LogP contribution >= 0.6 is 0 Å². The molecule has 0 aliphatic carbocycles. The maximum Gasteiger partial charge on any atom is 0.296 e. The second-order valence-corrected chi connectivity index (χ2v) is 6.52. The molecule has 0 atom stereocenters. The van der Waals surface area contributed by atoms with Crippen LogP contribution in [0.25, 0.3) is 10.8 Å². The topological polar surface area (TPSA) is 99.0 Å². The van der Waals surface area contributed by atoms with E-state index in [1.165, 1.54) is 6.07 Å². The van der Waals surface area contributed by atoms with E-state index in [2.05, 4.69) is 17.0 Å². The normalized spacial score (nSPS) is 11.4. The van der Waals surface area contributed by atoms with Gasteiger partial charge in [0, 0.05) is 16.8 Å². The van der Waals surface area contributed by atoms with Crippen molar-refractivity contribution in [3.63, 3.8) is 0 Å². The van der Waals surface area contributed by atoms with E-state index < -0.39 is 15.0 Å². The summed E-state index contributed by atoms with van der Waals surface area (Å²) < 4.78 is 32.4. The van der Waals surface area contributed by atoms with E-state index in [0.717, 1.165) is 5.69 Å². The third-order valence-corrected chi connectivity index (χ3v) is 4.42. The third-order valence-electron chi connectivity index (χ3n) is 3.55. The molecule has 0 spiro atoms. The molecular formula is C17H14N2O4S. The number of hydrogen-bond donors (Lipinski definition) is 3. The van der Waals surface area contributed by atoms with E-state index in [9.17, 15) is 18.1 Å². The number of hydrogen-bond acceptors (Lipinski definition) is 5. The number of phenolic OH excluding ortho intramolecular Hbond substituents is 1. The predicted molar refractivity (Wildman–Crippen MR) is 94.4 cm³/mol. The number of aliphatic imine (C=N–C) groups is 1. The number of anilines is 2. The zero-order valence-corrected chi connectivity index (χ0v) is 13.3. The summed E-state index contributed by atoms with van der Waals surface area (Å²) in [6, 6.07) is 15.7. The average Bonchev–Trinajstić information content (AvgIpc) is 2.54. The molecule has 0 saturated carbocycles. The molecule has 7 heteroatoms. The number of nitrogens with zero attached hydrogens (tertiary/aromatic N) is 1. The Balaban J connectivity index is 2.17. The summed E-state index contributed by atoms with van der Waals surface area (Å²) in [6.45, 7) is 3.25. The van der Waals surface area contributed by atoms with Crippen molar-refractivity contribution in [1.29, 1.82) is 0 Å². The number of nitrogens with one attached hydrogen (secondary N) is 1. The Morgan fingerprint density at radius 2 is 1.71 bits per heavy atom. The highest BCUT2D eigenvalue weighted by molar-refractivity contribution is 7.86. The fraction of sp³-hybridized carbons (Fsp3) is 0. The van der Waals surface area contributed by atoms with Crippen LogP contribution in [0.1, 0.15) is 0 Å². The smallest absolute Gasteiger partial charge is 0.296 e. The van der Waals surface area contributed by atoms with Gasteiger partial charge in [-0.2, -0.15) is 8.42 Å².